The molecule has 1 unspecified atom stereocenters. The van der Waals surface area contributed by atoms with Crippen LogP contribution in [0.5, 0.6) is 0 Å². The van der Waals surface area contributed by atoms with Crippen molar-refractivity contribution >= 4 is 22.0 Å². The number of likely N-dealkylation sites (tertiary alicyclic amines) is 1. The lowest BCUT2D eigenvalue weighted by Crippen LogP contribution is -2.52. The molecule has 1 fully saturated rings. The first-order chi connectivity index (χ1) is 10.1. The molecule has 1 N–H and O–H groups in total. The van der Waals surface area contributed by atoms with Crippen molar-refractivity contribution in [3.8, 4) is 0 Å². The number of amides is 1. The van der Waals surface area contributed by atoms with Crippen LogP contribution in [0.1, 0.15) is 17.3 Å². The van der Waals surface area contributed by atoms with Crippen LogP contribution in [0, 0.1) is 5.92 Å². The average molecular weight is 351 g/mol. The van der Waals surface area contributed by atoms with Crippen molar-refractivity contribution in [3.63, 3.8) is 0 Å². The number of benzene rings is 1. The van der Waals surface area contributed by atoms with Crippen LogP contribution in [0.25, 0.3) is 0 Å². The van der Waals surface area contributed by atoms with Gasteiger partial charge in [-0.15, -0.1) is 10.2 Å². The third-order valence-corrected chi connectivity index (χ3v) is 4.38. The minimum Gasteiger partial charge on any atom is -0.465 e. The molecule has 0 aliphatic carbocycles. The molecule has 7 heteroatoms. The Labute approximate surface area is 130 Å². The van der Waals surface area contributed by atoms with Gasteiger partial charge in [-0.25, -0.2) is 4.79 Å². The summed E-state index contributed by atoms with van der Waals surface area (Å²) in [5.74, 6) is 1.13. The zero-order valence-electron chi connectivity index (χ0n) is 11.5. The third kappa shape index (κ3) is 2.65. The van der Waals surface area contributed by atoms with Gasteiger partial charge in [-0.05, 0) is 17.7 Å². The van der Waals surface area contributed by atoms with Crippen molar-refractivity contribution < 1.29 is 9.90 Å². The second-order valence-electron chi connectivity index (χ2n) is 5.28. The van der Waals surface area contributed by atoms with E-state index in [0.717, 1.165) is 15.9 Å². The lowest BCUT2D eigenvalue weighted by atomic mass is 9.80. The van der Waals surface area contributed by atoms with Crippen LogP contribution in [0.15, 0.2) is 35.1 Å². The molecule has 2 aromatic rings. The van der Waals surface area contributed by atoms with Crippen molar-refractivity contribution in [2.24, 2.45) is 13.0 Å². The quantitative estimate of drug-likeness (QED) is 0.921. The van der Waals surface area contributed by atoms with E-state index >= 15 is 0 Å². The highest BCUT2D eigenvalue weighted by Crippen LogP contribution is 2.37. The minimum absolute atomic E-state index is 0.0469. The number of carboxylic acid groups (broad SMARTS) is 1. The molecule has 2 heterocycles. The molecule has 1 aromatic heterocycles. The molecule has 110 valence electrons. The van der Waals surface area contributed by atoms with E-state index in [1.54, 1.807) is 6.33 Å². The van der Waals surface area contributed by atoms with Gasteiger partial charge in [0.25, 0.3) is 0 Å². The largest absolute Gasteiger partial charge is 0.465 e. The highest BCUT2D eigenvalue weighted by atomic mass is 79.9. The number of aromatic nitrogens is 3. The van der Waals surface area contributed by atoms with Crippen LogP contribution in [-0.2, 0) is 7.05 Å². The highest BCUT2D eigenvalue weighted by molar-refractivity contribution is 9.10. The summed E-state index contributed by atoms with van der Waals surface area (Å²) in [7, 11) is 1.91. The van der Waals surface area contributed by atoms with E-state index in [0.29, 0.717) is 13.1 Å². The Balaban J connectivity index is 1.93. The smallest absolute Gasteiger partial charge is 0.407 e. The van der Waals surface area contributed by atoms with E-state index in [9.17, 15) is 4.79 Å². The summed E-state index contributed by atoms with van der Waals surface area (Å²) in [6.07, 6.45) is 0.811. The molecule has 1 atom stereocenters. The van der Waals surface area contributed by atoms with E-state index in [-0.39, 0.29) is 11.8 Å². The normalized spacial score (nSPS) is 16.6. The van der Waals surface area contributed by atoms with Crippen LogP contribution in [0.3, 0.4) is 0 Å². The molecule has 1 aromatic carbocycles. The summed E-state index contributed by atoms with van der Waals surface area (Å²) in [5, 5.41) is 17.2. The van der Waals surface area contributed by atoms with Crippen LogP contribution in [0.4, 0.5) is 4.79 Å². The molecular weight excluding hydrogens is 336 g/mol. The fraction of sp³-hybridized carbons (Fsp3) is 0.357. The Bertz CT molecular complexity index is 666. The second-order valence-corrected chi connectivity index (χ2v) is 6.20. The molecule has 1 aliphatic heterocycles. The lowest BCUT2D eigenvalue weighted by molar-refractivity contribution is 0.0738. The van der Waals surface area contributed by atoms with Crippen molar-refractivity contribution in [2.75, 3.05) is 13.1 Å². The SMILES string of the molecule is Cn1cnnc1C(c1cccc(Br)c1)C1CN(C(=O)O)C1. The maximum absolute atomic E-state index is 11.0. The molecule has 0 saturated carbocycles. The Morgan fingerprint density at radius 1 is 1.48 bits per heavy atom. The fourth-order valence-corrected chi connectivity index (χ4v) is 3.20. The first kappa shape index (κ1) is 14.1. The number of halogens is 1. The predicted octanol–water partition coefficient (Wildman–Crippen LogP) is 2.32. The van der Waals surface area contributed by atoms with Gasteiger partial charge in [-0.2, -0.15) is 0 Å². The van der Waals surface area contributed by atoms with E-state index < -0.39 is 6.09 Å². The summed E-state index contributed by atoms with van der Waals surface area (Å²) in [6, 6.07) is 8.06. The molecule has 0 radical (unpaired) electrons. The van der Waals surface area contributed by atoms with Gasteiger partial charge in [0.1, 0.15) is 12.2 Å². The maximum Gasteiger partial charge on any atom is 0.407 e. The second kappa shape index (κ2) is 5.48. The highest BCUT2D eigenvalue weighted by Gasteiger charge is 2.39. The molecule has 1 saturated heterocycles. The van der Waals surface area contributed by atoms with Gasteiger partial charge in [0.2, 0.25) is 0 Å². The van der Waals surface area contributed by atoms with Gasteiger partial charge in [0, 0.05) is 30.5 Å². The van der Waals surface area contributed by atoms with Crippen LogP contribution in [0.2, 0.25) is 0 Å². The van der Waals surface area contributed by atoms with E-state index in [2.05, 4.69) is 32.2 Å². The minimum atomic E-state index is -0.864. The monoisotopic (exact) mass is 350 g/mol. The van der Waals surface area contributed by atoms with Gasteiger partial charge in [0.15, 0.2) is 0 Å². The molecule has 1 aliphatic rings. The van der Waals surface area contributed by atoms with E-state index in [1.165, 1.54) is 4.90 Å². The molecule has 1 amide bonds. The molecule has 21 heavy (non-hydrogen) atoms. The van der Waals surface area contributed by atoms with Crippen molar-refractivity contribution in [3.05, 3.63) is 46.5 Å². The Morgan fingerprint density at radius 3 is 2.81 bits per heavy atom. The lowest BCUT2D eigenvalue weighted by Gasteiger charge is -2.41. The summed E-state index contributed by atoms with van der Waals surface area (Å²) < 4.78 is 2.90. The topological polar surface area (TPSA) is 71.2 Å². The van der Waals surface area contributed by atoms with Crippen LogP contribution >= 0.6 is 15.9 Å². The predicted molar refractivity (Wildman–Crippen MR) is 80.1 cm³/mol. The molecule has 3 rings (SSSR count). The van der Waals surface area contributed by atoms with Gasteiger partial charge < -0.3 is 14.6 Å². The summed E-state index contributed by atoms with van der Waals surface area (Å²) in [6.45, 7) is 1.05. The first-order valence-electron chi connectivity index (χ1n) is 6.63. The summed E-state index contributed by atoms with van der Waals surface area (Å²) in [5.41, 5.74) is 1.12. The standard InChI is InChI=1S/C14H15BrN4O2/c1-18-8-16-17-13(18)12(9-3-2-4-11(15)5-9)10-6-19(7-10)14(20)21/h2-5,8,10,12H,6-7H2,1H3,(H,20,21). The number of carbonyl (C=O) groups is 1. The van der Waals surface area contributed by atoms with Gasteiger partial charge in [-0.3, -0.25) is 0 Å². The molecular formula is C14H15BrN4O2. The fourth-order valence-electron chi connectivity index (χ4n) is 2.79. The molecule has 6 nitrogen and oxygen atoms in total. The number of aryl methyl sites for hydroxylation is 1. The van der Waals surface area contributed by atoms with Crippen LogP contribution < -0.4 is 0 Å². The zero-order chi connectivity index (χ0) is 15.0. The Morgan fingerprint density at radius 2 is 2.24 bits per heavy atom. The summed E-state index contributed by atoms with van der Waals surface area (Å²) in [4.78, 5) is 12.4. The van der Waals surface area contributed by atoms with Gasteiger partial charge in [0.05, 0.1) is 5.92 Å². The number of hydrogen-bond acceptors (Lipinski definition) is 3. The first-order valence-corrected chi connectivity index (χ1v) is 7.43. The number of hydrogen-bond donors (Lipinski definition) is 1. The average Bonchev–Trinajstić information content (AvgIpc) is 2.78. The third-order valence-electron chi connectivity index (χ3n) is 3.88. The van der Waals surface area contributed by atoms with E-state index in [4.69, 9.17) is 5.11 Å². The molecule has 0 bridgehead atoms. The van der Waals surface area contributed by atoms with Crippen molar-refractivity contribution in [1.29, 1.82) is 0 Å². The zero-order valence-corrected chi connectivity index (χ0v) is 13.1. The Kier molecular flexibility index (Phi) is 3.67. The number of nitrogens with zero attached hydrogens (tertiary/aromatic N) is 4. The van der Waals surface area contributed by atoms with E-state index in [1.807, 2.05) is 29.8 Å². The summed E-state index contributed by atoms with van der Waals surface area (Å²) >= 11 is 3.49. The Hall–Kier alpha value is -1.89. The van der Waals surface area contributed by atoms with Crippen molar-refractivity contribution in [1.82, 2.24) is 19.7 Å². The number of rotatable bonds is 3. The maximum atomic E-state index is 11.0. The van der Waals surface area contributed by atoms with Crippen LogP contribution in [-0.4, -0.2) is 44.0 Å². The molecule has 0 spiro atoms. The van der Waals surface area contributed by atoms with Gasteiger partial charge >= 0.3 is 6.09 Å². The van der Waals surface area contributed by atoms with Gasteiger partial charge in [-0.1, -0.05) is 28.1 Å². The van der Waals surface area contributed by atoms with Crippen molar-refractivity contribution in [2.45, 2.75) is 5.92 Å².